The predicted molar refractivity (Wildman–Crippen MR) is 131 cm³/mol. The minimum absolute atomic E-state index is 0.0536. The summed E-state index contributed by atoms with van der Waals surface area (Å²) >= 11 is 0. The maximum atomic E-state index is 13.1. The Labute approximate surface area is 190 Å². The molecule has 5 aromatic rings. The zero-order valence-corrected chi connectivity index (χ0v) is 17.9. The Morgan fingerprint density at radius 3 is 1.48 bits per heavy atom. The molecule has 0 fully saturated rings. The van der Waals surface area contributed by atoms with Crippen LogP contribution in [0.15, 0.2) is 97.1 Å². The third-order valence-electron chi connectivity index (χ3n) is 5.90. The molecule has 5 aromatic carbocycles. The number of rotatable bonds is 4. The van der Waals surface area contributed by atoms with E-state index in [1.165, 1.54) is 7.11 Å². The van der Waals surface area contributed by atoms with Gasteiger partial charge in [0.05, 0.1) is 18.2 Å². The van der Waals surface area contributed by atoms with Gasteiger partial charge in [-0.1, -0.05) is 84.9 Å². The first kappa shape index (κ1) is 20.5. The third kappa shape index (κ3) is 3.42. The Morgan fingerprint density at radius 1 is 0.636 bits per heavy atom. The van der Waals surface area contributed by atoms with Crippen LogP contribution in [-0.2, 0) is 4.74 Å². The lowest BCUT2D eigenvalue weighted by molar-refractivity contribution is 0.0584. The van der Waals surface area contributed by atoms with Crippen molar-refractivity contribution in [3.63, 3.8) is 0 Å². The molecule has 0 radical (unpaired) electrons. The molecule has 0 aromatic heterocycles. The van der Waals surface area contributed by atoms with Crippen LogP contribution in [-0.4, -0.2) is 24.2 Å². The van der Waals surface area contributed by atoms with Gasteiger partial charge in [0.1, 0.15) is 0 Å². The van der Waals surface area contributed by atoms with Gasteiger partial charge in [0, 0.05) is 11.1 Å². The summed E-state index contributed by atoms with van der Waals surface area (Å²) in [5, 5.41) is 13.9. The molecule has 0 spiro atoms. The topological polar surface area (TPSA) is 63.6 Å². The number of carboxylic acids is 1. The highest BCUT2D eigenvalue weighted by atomic mass is 16.5. The number of hydrogen-bond donors (Lipinski definition) is 1. The maximum Gasteiger partial charge on any atom is 0.339 e. The van der Waals surface area contributed by atoms with Gasteiger partial charge in [0.25, 0.3) is 0 Å². The van der Waals surface area contributed by atoms with Crippen LogP contribution in [0.2, 0.25) is 0 Å². The predicted octanol–water partition coefficient (Wildman–Crippen LogP) is 6.81. The van der Waals surface area contributed by atoms with Gasteiger partial charge >= 0.3 is 11.9 Å². The first-order valence-electron chi connectivity index (χ1n) is 10.5. The molecule has 0 aliphatic heterocycles. The molecule has 0 saturated heterocycles. The second-order valence-corrected chi connectivity index (χ2v) is 7.77. The normalized spacial score (nSPS) is 10.9. The van der Waals surface area contributed by atoms with Gasteiger partial charge in [-0.25, -0.2) is 9.59 Å². The molecule has 0 heterocycles. The smallest absolute Gasteiger partial charge is 0.339 e. The van der Waals surface area contributed by atoms with Crippen LogP contribution in [0, 0.1) is 0 Å². The van der Waals surface area contributed by atoms with Crippen molar-refractivity contribution < 1.29 is 19.4 Å². The monoisotopic (exact) mass is 432 g/mol. The van der Waals surface area contributed by atoms with Crippen molar-refractivity contribution in [1.29, 1.82) is 0 Å². The average molecular weight is 432 g/mol. The van der Waals surface area contributed by atoms with Crippen molar-refractivity contribution in [1.82, 2.24) is 0 Å². The standard InChI is InChI=1S/C29H20O4/c1-33-29(32)27-25(19-12-6-3-7-13-19)23-17-21-15-9-8-14-20(21)16-22(23)24(26(27)28(30)31)18-10-4-2-5-11-18/h2-17H,1H3,(H,30,31). The molecular weight excluding hydrogens is 412 g/mol. The van der Waals surface area contributed by atoms with Gasteiger partial charge in [0.15, 0.2) is 0 Å². The van der Waals surface area contributed by atoms with Crippen molar-refractivity contribution >= 4 is 33.5 Å². The van der Waals surface area contributed by atoms with Gasteiger partial charge < -0.3 is 9.84 Å². The van der Waals surface area contributed by atoms with Crippen LogP contribution < -0.4 is 0 Å². The second-order valence-electron chi connectivity index (χ2n) is 7.77. The Bertz CT molecular complexity index is 1520. The number of esters is 1. The van der Waals surface area contributed by atoms with Crippen molar-refractivity contribution in [2.75, 3.05) is 7.11 Å². The van der Waals surface area contributed by atoms with E-state index in [-0.39, 0.29) is 11.1 Å². The number of carboxylic acid groups (broad SMARTS) is 1. The quantitative estimate of drug-likeness (QED) is 0.250. The molecule has 1 N–H and O–H groups in total. The van der Waals surface area contributed by atoms with E-state index in [4.69, 9.17) is 4.74 Å². The highest BCUT2D eigenvalue weighted by Gasteiger charge is 2.30. The lowest BCUT2D eigenvalue weighted by Gasteiger charge is -2.20. The van der Waals surface area contributed by atoms with Gasteiger partial charge in [-0.05, 0) is 44.8 Å². The molecular formula is C29H20O4. The van der Waals surface area contributed by atoms with Crippen molar-refractivity contribution in [3.05, 3.63) is 108 Å². The van der Waals surface area contributed by atoms with Crippen molar-refractivity contribution in [3.8, 4) is 22.3 Å². The number of ether oxygens (including phenoxy) is 1. The van der Waals surface area contributed by atoms with Crippen molar-refractivity contribution in [2.45, 2.75) is 0 Å². The molecule has 160 valence electrons. The van der Waals surface area contributed by atoms with Crippen molar-refractivity contribution in [2.24, 2.45) is 0 Å². The lowest BCUT2D eigenvalue weighted by atomic mass is 9.82. The number of carbonyl (C=O) groups is 2. The van der Waals surface area contributed by atoms with Crippen LogP contribution in [0.5, 0.6) is 0 Å². The zero-order chi connectivity index (χ0) is 22.9. The summed E-state index contributed by atoms with van der Waals surface area (Å²) < 4.78 is 5.11. The van der Waals surface area contributed by atoms with Crippen LogP contribution in [0.1, 0.15) is 20.7 Å². The fraction of sp³-hybridized carbons (Fsp3) is 0.0345. The average Bonchev–Trinajstić information content (AvgIpc) is 2.86. The van der Waals surface area contributed by atoms with E-state index in [1.807, 2.05) is 97.1 Å². The van der Waals surface area contributed by atoms with E-state index < -0.39 is 11.9 Å². The summed E-state index contributed by atoms with van der Waals surface area (Å²) in [5.74, 6) is -1.86. The number of benzene rings is 5. The highest BCUT2D eigenvalue weighted by Crippen LogP contribution is 2.43. The molecule has 0 amide bonds. The minimum Gasteiger partial charge on any atom is -0.478 e. The van der Waals surface area contributed by atoms with Gasteiger partial charge in [0.2, 0.25) is 0 Å². The number of aromatic carboxylic acids is 1. The molecule has 4 heteroatoms. The number of fused-ring (bicyclic) bond motifs is 2. The van der Waals surface area contributed by atoms with Crippen LogP contribution in [0.25, 0.3) is 43.8 Å². The molecule has 0 bridgehead atoms. The zero-order valence-electron chi connectivity index (χ0n) is 17.9. The highest BCUT2D eigenvalue weighted by molar-refractivity contribution is 6.23. The van der Waals surface area contributed by atoms with Crippen LogP contribution >= 0.6 is 0 Å². The summed E-state index contributed by atoms with van der Waals surface area (Å²) in [6, 6.07) is 30.7. The van der Waals surface area contributed by atoms with E-state index in [1.54, 1.807) is 0 Å². The molecule has 0 aliphatic rings. The lowest BCUT2D eigenvalue weighted by Crippen LogP contribution is -2.14. The minimum atomic E-state index is -1.18. The van der Waals surface area contributed by atoms with Crippen LogP contribution in [0.4, 0.5) is 0 Å². The molecule has 0 saturated carbocycles. The fourth-order valence-corrected chi connectivity index (χ4v) is 4.50. The van der Waals surface area contributed by atoms with E-state index in [2.05, 4.69) is 0 Å². The van der Waals surface area contributed by atoms with Gasteiger partial charge in [-0.3, -0.25) is 0 Å². The SMILES string of the molecule is COC(=O)c1c(C(=O)O)c(-c2ccccc2)c2cc3ccccc3cc2c1-c1ccccc1. The summed E-state index contributed by atoms with van der Waals surface area (Å²) in [6.45, 7) is 0. The van der Waals surface area contributed by atoms with Gasteiger partial charge in [-0.15, -0.1) is 0 Å². The Hall–Kier alpha value is -4.44. The van der Waals surface area contributed by atoms with E-state index >= 15 is 0 Å². The Balaban J connectivity index is 2.10. The van der Waals surface area contributed by atoms with E-state index in [0.29, 0.717) is 11.1 Å². The maximum absolute atomic E-state index is 13.1. The first-order chi connectivity index (χ1) is 16.1. The molecule has 5 rings (SSSR count). The number of methoxy groups -OCH3 is 1. The number of hydrogen-bond acceptors (Lipinski definition) is 3. The van der Waals surface area contributed by atoms with Gasteiger partial charge in [-0.2, -0.15) is 0 Å². The molecule has 0 atom stereocenters. The molecule has 0 unspecified atom stereocenters. The largest absolute Gasteiger partial charge is 0.478 e. The first-order valence-corrected chi connectivity index (χ1v) is 10.5. The summed E-state index contributed by atoms with van der Waals surface area (Å²) in [4.78, 5) is 25.9. The summed E-state index contributed by atoms with van der Waals surface area (Å²) in [6.07, 6.45) is 0. The molecule has 33 heavy (non-hydrogen) atoms. The molecule has 0 aliphatic carbocycles. The van der Waals surface area contributed by atoms with E-state index in [0.717, 1.165) is 32.7 Å². The van der Waals surface area contributed by atoms with E-state index in [9.17, 15) is 14.7 Å². The third-order valence-corrected chi connectivity index (χ3v) is 5.90. The van der Waals surface area contributed by atoms with Crippen LogP contribution in [0.3, 0.4) is 0 Å². The number of carbonyl (C=O) groups excluding carboxylic acids is 1. The summed E-state index contributed by atoms with van der Waals surface area (Å²) in [5.41, 5.74) is 2.52. The second kappa shape index (κ2) is 8.24. The summed E-state index contributed by atoms with van der Waals surface area (Å²) in [7, 11) is 1.27. The Kier molecular flexibility index (Phi) is 5.11. The fourth-order valence-electron chi connectivity index (χ4n) is 4.50. The Morgan fingerprint density at radius 2 is 1.06 bits per heavy atom. The molecule has 4 nitrogen and oxygen atoms in total.